The number of methoxy groups -OCH3 is 1. The smallest absolute Gasteiger partial charge is 0.264 e. The summed E-state index contributed by atoms with van der Waals surface area (Å²) < 4.78 is 35.4. The Kier molecular flexibility index (Phi) is 7.01. The molecule has 0 saturated heterocycles. The zero-order valence-corrected chi connectivity index (χ0v) is 19.8. The Morgan fingerprint density at radius 2 is 1.85 bits per heavy atom. The number of nitroso groups, excluding NO2 is 1. The van der Waals surface area contributed by atoms with Gasteiger partial charge in [-0.05, 0) is 36.8 Å². The highest BCUT2D eigenvalue weighted by Crippen LogP contribution is 2.39. The molecule has 0 aliphatic carbocycles. The third-order valence-corrected chi connectivity index (χ3v) is 6.10. The number of carbonyl (C=O) groups excluding carboxylic acids is 3. The molecule has 0 unspecified atom stereocenters. The van der Waals surface area contributed by atoms with Crippen molar-refractivity contribution in [3.8, 4) is 11.5 Å². The maximum absolute atomic E-state index is 13.5. The topological polar surface area (TPSA) is 140 Å². The number of fused-ring (bicyclic) bond motifs is 1. The van der Waals surface area contributed by atoms with Gasteiger partial charge in [-0.25, -0.2) is 8.42 Å². The SMILES string of the molecule is CCOc1cc([C@@H](CS(C)(=O)=O)N2C(=O)c3cccc(N(N=O)C(C)=O)c3C2=O)ccc1OC. The van der Waals surface area contributed by atoms with Crippen LogP contribution in [0.3, 0.4) is 0 Å². The molecule has 2 aromatic carbocycles. The van der Waals surface area contributed by atoms with Gasteiger partial charge < -0.3 is 9.47 Å². The van der Waals surface area contributed by atoms with E-state index < -0.39 is 39.4 Å². The third-order valence-electron chi connectivity index (χ3n) is 5.18. The number of anilines is 1. The highest BCUT2D eigenvalue weighted by atomic mass is 32.2. The van der Waals surface area contributed by atoms with Gasteiger partial charge in [0.25, 0.3) is 11.8 Å². The monoisotopic (exact) mass is 489 g/mol. The Morgan fingerprint density at radius 3 is 2.41 bits per heavy atom. The zero-order chi connectivity index (χ0) is 25.2. The summed E-state index contributed by atoms with van der Waals surface area (Å²) in [5, 5.41) is 3.13. The van der Waals surface area contributed by atoms with Crippen LogP contribution in [0.4, 0.5) is 5.69 Å². The molecular weight excluding hydrogens is 466 g/mol. The highest BCUT2D eigenvalue weighted by Gasteiger charge is 2.44. The lowest BCUT2D eigenvalue weighted by molar-refractivity contribution is -0.116. The number of hydrogen-bond donors (Lipinski definition) is 0. The minimum Gasteiger partial charge on any atom is -0.493 e. The van der Waals surface area contributed by atoms with E-state index in [-0.39, 0.29) is 16.8 Å². The number of hydrogen-bond acceptors (Lipinski definition) is 9. The van der Waals surface area contributed by atoms with Gasteiger partial charge in [0.2, 0.25) is 5.91 Å². The Balaban J connectivity index is 2.18. The van der Waals surface area contributed by atoms with E-state index in [1.807, 2.05) is 0 Å². The van der Waals surface area contributed by atoms with Gasteiger partial charge in [0.1, 0.15) is 9.84 Å². The van der Waals surface area contributed by atoms with Crippen LogP contribution in [0.5, 0.6) is 11.5 Å². The summed E-state index contributed by atoms with van der Waals surface area (Å²) in [4.78, 5) is 50.7. The number of amides is 3. The van der Waals surface area contributed by atoms with Crippen molar-refractivity contribution in [1.82, 2.24) is 4.90 Å². The van der Waals surface area contributed by atoms with E-state index >= 15 is 0 Å². The lowest BCUT2D eigenvalue weighted by Gasteiger charge is -2.27. The van der Waals surface area contributed by atoms with Crippen molar-refractivity contribution in [2.24, 2.45) is 5.29 Å². The molecular formula is C22H23N3O8S. The Hall–Kier alpha value is -3.80. The summed E-state index contributed by atoms with van der Waals surface area (Å²) in [6, 6.07) is 7.45. The number of imide groups is 1. The van der Waals surface area contributed by atoms with Gasteiger partial charge in [0.15, 0.2) is 11.5 Å². The predicted molar refractivity (Wildman–Crippen MR) is 123 cm³/mol. The number of nitrogens with zero attached hydrogens (tertiary/aromatic N) is 3. The molecule has 0 saturated carbocycles. The van der Waals surface area contributed by atoms with Crippen LogP contribution in [0.25, 0.3) is 0 Å². The van der Waals surface area contributed by atoms with Crippen molar-refractivity contribution < 1.29 is 32.3 Å². The summed E-state index contributed by atoms with van der Waals surface area (Å²) in [7, 11) is -2.24. The van der Waals surface area contributed by atoms with E-state index in [0.717, 1.165) is 18.1 Å². The van der Waals surface area contributed by atoms with Crippen molar-refractivity contribution in [1.29, 1.82) is 0 Å². The van der Waals surface area contributed by atoms with Crippen LogP contribution in [-0.2, 0) is 14.6 Å². The summed E-state index contributed by atoms with van der Waals surface area (Å²) in [5.74, 6) is -2.24. The minimum absolute atomic E-state index is 0.0746. The van der Waals surface area contributed by atoms with Gasteiger partial charge in [-0.2, -0.15) is 5.01 Å². The van der Waals surface area contributed by atoms with Gasteiger partial charge in [0.05, 0.1) is 47.6 Å². The van der Waals surface area contributed by atoms with Crippen molar-refractivity contribution in [2.45, 2.75) is 19.9 Å². The second-order valence-corrected chi connectivity index (χ2v) is 9.73. The molecule has 0 radical (unpaired) electrons. The van der Waals surface area contributed by atoms with E-state index in [9.17, 15) is 27.7 Å². The van der Waals surface area contributed by atoms with Gasteiger partial charge in [-0.15, -0.1) is 4.91 Å². The molecule has 34 heavy (non-hydrogen) atoms. The van der Waals surface area contributed by atoms with Crippen molar-refractivity contribution >= 4 is 33.2 Å². The second kappa shape index (κ2) is 9.59. The summed E-state index contributed by atoms with van der Waals surface area (Å²) in [6.45, 7) is 3.14. The number of carbonyl (C=O) groups is 3. The van der Waals surface area contributed by atoms with E-state index in [1.54, 1.807) is 13.0 Å². The number of rotatable bonds is 9. The minimum atomic E-state index is -3.68. The van der Waals surface area contributed by atoms with Crippen LogP contribution in [0.15, 0.2) is 41.7 Å². The van der Waals surface area contributed by atoms with Gasteiger partial charge in [-0.3, -0.25) is 19.3 Å². The fourth-order valence-electron chi connectivity index (χ4n) is 3.79. The summed E-state index contributed by atoms with van der Waals surface area (Å²) in [6.07, 6.45) is 0.990. The molecule has 180 valence electrons. The molecule has 1 atom stereocenters. The molecule has 12 heteroatoms. The first kappa shape index (κ1) is 24.8. The number of sulfone groups is 1. The van der Waals surface area contributed by atoms with Gasteiger partial charge in [0, 0.05) is 13.2 Å². The molecule has 0 fully saturated rings. The molecule has 1 heterocycles. The Bertz CT molecular complexity index is 1270. The van der Waals surface area contributed by atoms with Crippen molar-refractivity contribution in [2.75, 3.05) is 30.7 Å². The maximum Gasteiger partial charge on any atom is 0.264 e. The molecule has 0 spiro atoms. The van der Waals surface area contributed by atoms with Crippen LogP contribution in [0.1, 0.15) is 46.2 Å². The first-order chi connectivity index (χ1) is 16.0. The lowest BCUT2D eigenvalue weighted by Crippen LogP contribution is -2.38. The average molecular weight is 490 g/mol. The normalized spacial score (nSPS) is 13.9. The van der Waals surface area contributed by atoms with Crippen molar-refractivity contribution in [3.63, 3.8) is 0 Å². The molecule has 0 N–H and O–H groups in total. The van der Waals surface area contributed by atoms with E-state index in [1.165, 1.54) is 37.4 Å². The third kappa shape index (κ3) is 4.62. The average Bonchev–Trinajstić information content (AvgIpc) is 3.02. The molecule has 3 amide bonds. The number of benzene rings is 2. The molecule has 2 aromatic rings. The molecule has 11 nitrogen and oxygen atoms in total. The molecule has 3 rings (SSSR count). The zero-order valence-electron chi connectivity index (χ0n) is 19.0. The quantitative estimate of drug-likeness (QED) is 0.297. The van der Waals surface area contributed by atoms with Crippen LogP contribution >= 0.6 is 0 Å². The van der Waals surface area contributed by atoms with E-state index in [0.29, 0.717) is 28.7 Å². The predicted octanol–water partition coefficient (Wildman–Crippen LogP) is 2.51. The lowest BCUT2D eigenvalue weighted by atomic mass is 10.1. The standard InChI is InChI=1S/C22H23N3O8S/c1-5-33-19-11-14(9-10-18(19)32-3)17(12-34(4,30)31)24-21(27)15-7-6-8-16(20(15)22(24)28)25(23-29)13(2)26/h6-11,17H,5,12H2,1-4H3/t17-/m1/s1. The fourth-order valence-corrected chi connectivity index (χ4v) is 4.71. The summed E-state index contributed by atoms with van der Waals surface area (Å²) in [5.41, 5.74) is -0.125. The molecule has 0 aromatic heterocycles. The highest BCUT2D eigenvalue weighted by molar-refractivity contribution is 7.90. The molecule has 0 bridgehead atoms. The second-order valence-electron chi connectivity index (χ2n) is 7.54. The first-order valence-corrected chi connectivity index (χ1v) is 12.2. The van der Waals surface area contributed by atoms with Gasteiger partial charge in [-0.1, -0.05) is 12.1 Å². The van der Waals surface area contributed by atoms with Crippen LogP contribution in [0, 0.1) is 4.91 Å². The van der Waals surface area contributed by atoms with E-state index in [2.05, 4.69) is 5.29 Å². The van der Waals surface area contributed by atoms with E-state index in [4.69, 9.17) is 9.47 Å². The van der Waals surface area contributed by atoms with Crippen LogP contribution in [-0.4, -0.2) is 56.8 Å². The first-order valence-electron chi connectivity index (χ1n) is 10.2. The molecule has 1 aliphatic heterocycles. The molecule has 1 aliphatic rings. The van der Waals surface area contributed by atoms with Crippen LogP contribution in [0.2, 0.25) is 0 Å². The maximum atomic E-state index is 13.5. The van der Waals surface area contributed by atoms with Crippen molar-refractivity contribution in [3.05, 3.63) is 58.0 Å². The fraction of sp³-hybridized carbons (Fsp3) is 0.318. The Labute approximate surface area is 196 Å². The number of ether oxygens (including phenoxy) is 2. The largest absolute Gasteiger partial charge is 0.493 e. The Morgan fingerprint density at radius 1 is 1.15 bits per heavy atom. The summed E-state index contributed by atoms with van der Waals surface area (Å²) >= 11 is 0. The van der Waals surface area contributed by atoms with Crippen LogP contribution < -0.4 is 14.5 Å². The van der Waals surface area contributed by atoms with Gasteiger partial charge >= 0.3 is 0 Å².